The van der Waals surface area contributed by atoms with Crippen LogP contribution in [0.3, 0.4) is 0 Å². The molecule has 2 heterocycles. The van der Waals surface area contributed by atoms with Gasteiger partial charge < -0.3 is 5.32 Å². The Morgan fingerprint density at radius 3 is 2.62 bits per heavy atom. The Morgan fingerprint density at radius 1 is 1.31 bits per heavy atom. The molecule has 1 fully saturated rings. The molecule has 0 radical (unpaired) electrons. The van der Waals surface area contributed by atoms with Crippen molar-refractivity contribution in [3.8, 4) is 11.3 Å². The number of nitrogens with zero attached hydrogens (tertiary/aromatic N) is 2. The van der Waals surface area contributed by atoms with Crippen LogP contribution in [0.4, 0.5) is 5.13 Å². The molecule has 6 nitrogen and oxygen atoms in total. The molecular weight excluding hydrogens is 370 g/mol. The Hall–Kier alpha value is -1.77. The van der Waals surface area contributed by atoms with Crippen molar-refractivity contribution < 1.29 is 13.2 Å². The summed E-state index contributed by atoms with van der Waals surface area (Å²) in [5.74, 6) is 0.155. The second-order valence-electron chi connectivity index (χ2n) is 6.84. The van der Waals surface area contributed by atoms with E-state index in [1.807, 2.05) is 17.5 Å². The van der Waals surface area contributed by atoms with E-state index in [0.717, 1.165) is 17.5 Å². The lowest BCUT2D eigenvalue weighted by Crippen LogP contribution is -2.42. The first-order valence-corrected chi connectivity index (χ1v) is 11.3. The number of thiazole rings is 1. The van der Waals surface area contributed by atoms with Gasteiger partial charge in [0.15, 0.2) is 5.13 Å². The number of hydrogen-bond donors (Lipinski definition) is 1. The smallest absolute Gasteiger partial charge is 0.244 e. The third-order valence-corrected chi connectivity index (χ3v) is 6.59. The average molecular weight is 394 g/mol. The number of nitrogens with one attached hydrogen (secondary N) is 1. The van der Waals surface area contributed by atoms with Gasteiger partial charge in [0.2, 0.25) is 15.9 Å². The molecule has 8 heteroatoms. The van der Waals surface area contributed by atoms with Crippen molar-refractivity contribution >= 4 is 32.4 Å². The second-order valence-corrected chi connectivity index (χ2v) is 9.63. The third-order valence-electron chi connectivity index (χ3n) is 4.54. The molecular formula is C18H23N3O3S2. The molecule has 1 aliphatic heterocycles. The van der Waals surface area contributed by atoms with Crippen molar-refractivity contribution in [3.63, 3.8) is 0 Å². The number of carbonyl (C=O) groups is 1. The van der Waals surface area contributed by atoms with Gasteiger partial charge in [0.25, 0.3) is 0 Å². The van der Waals surface area contributed by atoms with Gasteiger partial charge in [0, 0.05) is 17.5 Å². The van der Waals surface area contributed by atoms with Crippen LogP contribution in [-0.4, -0.2) is 42.5 Å². The zero-order valence-electron chi connectivity index (χ0n) is 15.1. The number of amides is 1. The van der Waals surface area contributed by atoms with E-state index >= 15 is 0 Å². The van der Waals surface area contributed by atoms with Crippen LogP contribution < -0.4 is 5.32 Å². The fraction of sp³-hybridized carbons (Fsp3) is 0.444. The van der Waals surface area contributed by atoms with E-state index in [4.69, 9.17) is 0 Å². The number of carbonyl (C=O) groups excluding carboxylic acids is 1. The maximum absolute atomic E-state index is 12.5. The molecule has 1 atom stereocenters. The lowest BCUT2D eigenvalue weighted by Gasteiger charge is -2.20. The fourth-order valence-corrected chi connectivity index (χ4v) is 4.94. The van der Waals surface area contributed by atoms with Crippen molar-refractivity contribution in [1.29, 1.82) is 0 Å². The molecule has 26 heavy (non-hydrogen) atoms. The summed E-state index contributed by atoms with van der Waals surface area (Å²) in [5, 5.41) is 5.14. The molecule has 1 saturated heterocycles. The summed E-state index contributed by atoms with van der Waals surface area (Å²) in [7, 11) is -3.38. The molecule has 140 valence electrons. The van der Waals surface area contributed by atoms with Gasteiger partial charge in [-0.1, -0.05) is 38.1 Å². The quantitative estimate of drug-likeness (QED) is 0.845. The third kappa shape index (κ3) is 4.13. The summed E-state index contributed by atoms with van der Waals surface area (Å²) in [4.78, 5) is 17.0. The van der Waals surface area contributed by atoms with E-state index < -0.39 is 16.1 Å². The van der Waals surface area contributed by atoms with Gasteiger partial charge in [-0.2, -0.15) is 4.31 Å². The highest BCUT2D eigenvalue weighted by atomic mass is 32.2. The number of rotatable bonds is 5. The monoisotopic (exact) mass is 393 g/mol. The highest BCUT2D eigenvalue weighted by Gasteiger charge is 2.36. The summed E-state index contributed by atoms with van der Waals surface area (Å²) >= 11 is 1.34. The molecule has 2 aromatic rings. The topological polar surface area (TPSA) is 79.4 Å². The zero-order valence-corrected chi connectivity index (χ0v) is 16.7. The predicted molar refractivity (Wildman–Crippen MR) is 105 cm³/mol. The van der Waals surface area contributed by atoms with Gasteiger partial charge in [-0.3, -0.25) is 4.79 Å². The largest absolute Gasteiger partial charge is 0.301 e. The lowest BCUT2D eigenvalue weighted by atomic mass is 10.0. The minimum Gasteiger partial charge on any atom is -0.301 e. The van der Waals surface area contributed by atoms with Crippen molar-refractivity contribution in [3.05, 3.63) is 35.2 Å². The Labute approximate surface area is 158 Å². The molecule has 1 aromatic carbocycles. The van der Waals surface area contributed by atoms with Crippen molar-refractivity contribution in [2.24, 2.45) is 0 Å². The van der Waals surface area contributed by atoms with E-state index in [0.29, 0.717) is 30.4 Å². The zero-order chi connectivity index (χ0) is 18.9. The van der Waals surface area contributed by atoms with Gasteiger partial charge in [-0.05, 0) is 24.3 Å². The number of hydrogen-bond acceptors (Lipinski definition) is 5. The Balaban J connectivity index is 1.71. The first kappa shape index (κ1) is 19.0. The first-order chi connectivity index (χ1) is 12.3. The second kappa shape index (κ2) is 7.46. The van der Waals surface area contributed by atoms with Crippen LogP contribution in [0.1, 0.15) is 38.2 Å². The molecule has 0 aliphatic carbocycles. The minimum atomic E-state index is -3.38. The number of anilines is 1. The Bertz CT molecular complexity index is 889. The summed E-state index contributed by atoms with van der Waals surface area (Å²) < 4.78 is 24.9. The highest BCUT2D eigenvalue weighted by Crippen LogP contribution is 2.28. The standard InChI is InChI=1S/C18H23N3O3S2/c1-12(2)13-6-8-14(9-7-13)15-11-25-18(19-15)20-17(22)16-5-4-10-21(16)26(3,23)24/h6-9,11-12,16H,4-5,10H2,1-3H3,(H,19,20,22). The first-order valence-electron chi connectivity index (χ1n) is 8.59. The van der Waals surface area contributed by atoms with E-state index in [2.05, 4.69) is 36.3 Å². The van der Waals surface area contributed by atoms with Gasteiger partial charge in [-0.25, -0.2) is 13.4 Å². The maximum atomic E-state index is 12.5. The van der Waals surface area contributed by atoms with Crippen LogP contribution in [0, 0.1) is 0 Å². The summed E-state index contributed by atoms with van der Waals surface area (Å²) in [6, 6.07) is 7.57. The molecule has 1 unspecified atom stereocenters. The van der Waals surface area contributed by atoms with Gasteiger partial charge in [0.1, 0.15) is 6.04 Å². The van der Waals surface area contributed by atoms with Crippen LogP contribution in [0.15, 0.2) is 29.6 Å². The van der Waals surface area contributed by atoms with Crippen molar-refractivity contribution in [2.75, 3.05) is 18.1 Å². The van der Waals surface area contributed by atoms with Gasteiger partial charge in [-0.15, -0.1) is 11.3 Å². The van der Waals surface area contributed by atoms with E-state index in [1.165, 1.54) is 21.2 Å². The van der Waals surface area contributed by atoms with Gasteiger partial charge in [0.05, 0.1) is 11.9 Å². The molecule has 0 saturated carbocycles. The molecule has 0 spiro atoms. The molecule has 1 amide bonds. The molecule has 1 aliphatic rings. The highest BCUT2D eigenvalue weighted by molar-refractivity contribution is 7.88. The van der Waals surface area contributed by atoms with Crippen LogP contribution in [0.5, 0.6) is 0 Å². The molecule has 1 aromatic heterocycles. The molecule has 3 rings (SSSR count). The number of sulfonamides is 1. The Morgan fingerprint density at radius 2 is 2.00 bits per heavy atom. The minimum absolute atomic E-state index is 0.316. The maximum Gasteiger partial charge on any atom is 0.244 e. The van der Waals surface area contributed by atoms with Crippen LogP contribution in [0.2, 0.25) is 0 Å². The van der Waals surface area contributed by atoms with Gasteiger partial charge >= 0.3 is 0 Å². The summed E-state index contributed by atoms with van der Waals surface area (Å²) in [5.41, 5.74) is 3.05. The normalized spacial score (nSPS) is 18.4. The van der Waals surface area contributed by atoms with Crippen molar-refractivity contribution in [1.82, 2.24) is 9.29 Å². The molecule has 1 N–H and O–H groups in total. The fourth-order valence-electron chi connectivity index (χ4n) is 3.09. The Kier molecular flexibility index (Phi) is 5.45. The van der Waals surface area contributed by atoms with E-state index in [-0.39, 0.29) is 5.91 Å². The molecule has 0 bridgehead atoms. The van der Waals surface area contributed by atoms with Crippen molar-refractivity contribution in [2.45, 2.75) is 38.6 Å². The summed E-state index contributed by atoms with van der Waals surface area (Å²) in [6.07, 6.45) is 2.37. The predicted octanol–water partition coefficient (Wildman–Crippen LogP) is 3.30. The SMILES string of the molecule is CC(C)c1ccc(-c2csc(NC(=O)C3CCCN3S(C)(=O)=O)n2)cc1. The van der Waals surface area contributed by atoms with Crippen LogP contribution in [0.25, 0.3) is 11.3 Å². The average Bonchev–Trinajstić information content (AvgIpc) is 3.23. The van der Waals surface area contributed by atoms with Crippen LogP contribution in [-0.2, 0) is 14.8 Å². The lowest BCUT2D eigenvalue weighted by molar-refractivity contribution is -0.119. The number of aromatic nitrogens is 1. The van der Waals surface area contributed by atoms with E-state index in [9.17, 15) is 13.2 Å². The summed E-state index contributed by atoms with van der Waals surface area (Å²) in [6.45, 7) is 4.69. The van der Waals surface area contributed by atoms with E-state index in [1.54, 1.807) is 0 Å². The van der Waals surface area contributed by atoms with Crippen LogP contribution >= 0.6 is 11.3 Å². The number of benzene rings is 1.